The largest absolute Gasteiger partial charge is 0.463 e. The molecule has 4 aromatic carbocycles. The number of rotatable bonds is 18. The summed E-state index contributed by atoms with van der Waals surface area (Å²) in [6, 6.07) is 31.2. The van der Waals surface area contributed by atoms with Gasteiger partial charge in [-0.05, 0) is 28.8 Å². The second-order valence-electron chi connectivity index (χ2n) is 15.9. The maximum Gasteiger partial charge on any atom is 0.303 e. The zero-order valence-corrected chi connectivity index (χ0v) is 36.8. The van der Waals surface area contributed by atoms with Gasteiger partial charge in [0.2, 0.25) is 5.91 Å². The van der Waals surface area contributed by atoms with E-state index in [1.54, 1.807) is 12.1 Å². The van der Waals surface area contributed by atoms with Crippen molar-refractivity contribution in [1.29, 1.82) is 0 Å². The molecule has 1 N–H and O–H groups in total. The maximum atomic E-state index is 14.4. The van der Waals surface area contributed by atoms with Crippen LogP contribution >= 0.6 is 0 Å². The van der Waals surface area contributed by atoms with Gasteiger partial charge in [-0.3, -0.25) is 33.7 Å². The normalized spacial score (nSPS) is 26.0. The van der Waals surface area contributed by atoms with Crippen molar-refractivity contribution < 1.29 is 71.4 Å². The molecular formula is C49H52N2O15. The van der Waals surface area contributed by atoms with Crippen molar-refractivity contribution in [3.05, 3.63) is 143 Å². The van der Waals surface area contributed by atoms with Crippen LogP contribution in [0.2, 0.25) is 0 Å². The van der Waals surface area contributed by atoms with Gasteiger partial charge in [-0.1, -0.05) is 103 Å². The number of amides is 3. The van der Waals surface area contributed by atoms with Crippen LogP contribution in [0.25, 0.3) is 0 Å². The molecule has 348 valence electrons. The predicted octanol–water partition coefficient (Wildman–Crippen LogP) is 4.44. The molecule has 2 saturated heterocycles. The highest BCUT2D eigenvalue weighted by Gasteiger charge is 2.59. The number of nitrogens with zero attached hydrogens (tertiary/aromatic N) is 1. The van der Waals surface area contributed by atoms with E-state index in [0.29, 0.717) is 0 Å². The molecule has 0 unspecified atom stereocenters. The van der Waals surface area contributed by atoms with E-state index < -0.39 is 104 Å². The minimum Gasteiger partial charge on any atom is -0.463 e. The summed E-state index contributed by atoms with van der Waals surface area (Å²) in [7, 11) is 0. The van der Waals surface area contributed by atoms with Crippen LogP contribution in [-0.2, 0) is 81.6 Å². The van der Waals surface area contributed by atoms with Gasteiger partial charge in [0.1, 0.15) is 43.1 Å². The predicted molar refractivity (Wildman–Crippen MR) is 231 cm³/mol. The van der Waals surface area contributed by atoms with E-state index >= 15 is 0 Å². The number of hydrogen-bond acceptors (Lipinski definition) is 15. The van der Waals surface area contributed by atoms with E-state index in [0.717, 1.165) is 42.4 Å². The highest BCUT2D eigenvalue weighted by atomic mass is 16.7. The molecule has 17 heteroatoms. The molecule has 17 nitrogen and oxygen atoms in total. The van der Waals surface area contributed by atoms with Gasteiger partial charge in [-0.15, -0.1) is 0 Å². The zero-order valence-electron chi connectivity index (χ0n) is 36.8. The lowest BCUT2D eigenvalue weighted by atomic mass is 9.93. The van der Waals surface area contributed by atoms with Crippen LogP contribution in [0.4, 0.5) is 0 Å². The first-order valence-corrected chi connectivity index (χ1v) is 21.5. The molecule has 0 bridgehead atoms. The molecule has 3 amide bonds. The number of fused-ring (bicyclic) bond motifs is 1. The fourth-order valence-electron chi connectivity index (χ4n) is 8.22. The van der Waals surface area contributed by atoms with E-state index in [1.165, 1.54) is 19.1 Å². The Morgan fingerprint density at radius 2 is 1.03 bits per heavy atom. The third-order valence-corrected chi connectivity index (χ3v) is 11.0. The zero-order chi connectivity index (χ0) is 46.7. The highest BCUT2D eigenvalue weighted by molar-refractivity contribution is 6.21. The Kier molecular flexibility index (Phi) is 16.0. The first-order valence-electron chi connectivity index (χ1n) is 21.5. The lowest BCUT2D eigenvalue weighted by Crippen LogP contribution is -2.71. The minimum absolute atomic E-state index is 0.0132. The summed E-state index contributed by atoms with van der Waals surface area (Å²) in [5, 5.41) is 2.92. The van der Waals surface area contributed by atoms with Gasteiger partial charge < -0.3 is 47.9 Å². The van der Waals surface area contributed by atoms with Crippen molar-refractivity contribution in [3.63, 3.8) is 0 Å². The van der Waals surface area contributed by atoms with E-state index in [1.807, 2.05) is 91.0 Å². The Labute approximate surface area is 381 Å². The van der Waals surface area contributed by atoms with Gasteiger partial charge in [-0.25, -0.2) is 0 Å². The summed E-state index contributed by atoms with van der Waals surface area (Å²) in [5.41, 5.74) is 2.54. The summed E-state index contributed by atoms with van der Waals surface area (Å²) >= 11 is 0. The average Bonchev–Trinajstić information content (AvgIpc) is 3.55. The topological polar surface area (TPSA) is 201 Å². The van der Waals surface area contributed by atoms with Crippen molar-refractivity contribution in [2.24, 2.45) is 0 Å². The summed E-state index contributed by atoms with van der Waals surface area (Å²) in [5.74, 6) is -4.50. The SMILES string of the molecule is CC(=O)N[C@H]1[C@@H](OCc2ccccc2)O[C@H](COCc2ccccc2)[C@H](OCc2ccccc2)[C@@H]1O[C@@H]1O[C@H](COC(C)=O)[C@H](OC(C)=O)[C@H](OC(C)=O)[C@H]1N1C(=O)c2ccccc2C1=O. The van der Waals surface area contributed by atoms with Crippen LogP contribution in [0.3, 0.4) is 0 Å². The molecule has 0 aromatic heterocycles. The number of imide groups is 1. The standard InChI is InChI=1S/C49H52N2O15/c1-29(52)50-40-44(42(60-25-34-18-10-6-11-19-34)38(27-58-24-33-16-8-5-9-17-33)64-48(40)61-26-35-20-12-7-13-21-35)66-49-41(51-46(56)36-22-14-15-23-37(36)47(51)57)45(63-32(4)55)43(62-31(3)54)39(65-49)28-59-30(2)53/h5-23,38-45,48-49H,24-28H2,1-4H3,(H,50,52)/t38-,39-,40-,41-,42+,43+,44-,45-,48+,49+/m1/s1. The summed E-state index contributed by atoms with van der Waals surface area (Å²) in [4.78, 5) is 81.0. The molecule has 0 aliphatic carbocycles. The molecule has 66 heavy (non-hydrogen) atoms. The van der Waals surface area contributed by atoms with Crippen LogP contribution in [-0.4, -0.2) is 115 Å². The van der Waals surface area contributed by atoms with Crippen LogP contribution < -0.4 is 5.32 Å². The third kappa shape index (κ3) is 11.7. The fraction of sp³-hybridized carbons (Fsp3) is 0.388. The molecule has 2 fully saturated rings. The Bertz CT molecular complexity index is 2280. The molecule has 0 saturated carbocycles. The number of hydrogen-bond donors (Lipinski definition) is 1. The Morgan fingerprint density at radius 3 is 1.56 bits per heavy atom. The van der Waals surface area contributed by atoms with Gasteiger partial charge in [0.05, 0.1) is 37.6 Å². The van der Waals surface area contributed by atoms with E-state index in [2.05, 4.69) is 5.32 Å². The van der Waals surface area contributed by atoms with Crippen molar-refractivity contribution >= 4 is 35.6 Å². The number of benzene rings is 4. The Hall–Kier alpha value is -6.34. The van der Waals surface area contributed by atoms with Crippen LogP contribution in [0.5, 0.6) is 0 Å². The molecule has 7 rings (SSSR count). The summed E-state index contributed by atoms with van der Waals surface area (Å²) < 4.78 is 56.8. The van der Waals surface area contributed by atoms with Crippen molar-refractivity contribution in [2.45, 2.75) is 109 Å². The quantitative estimate of drug-likeness (QED) is 0.0834. The van der Waals surface area contributed by atoms with E-state index in [-0.39, 0.29) is 37.6 Å². The third-order valence-electron chi connectivity index (χ3n) is 11.0. The van der Waals surface area contributed by atoms with E-state index in [9.17, 15) is 28.8 Å². The average molecular weight is 909 g/mol. The summed E-state index contributed by atoms with van der Waals surface area (Å²) in [6.45, 7) is 4.27. The van der Waals surface area contributed by atoms with Crippen LogP contribution in [0.15, 0.2) is 115 Å². The second-order valence-corrected chi connectivity index (χ2v) is 15.9. The van der Waals surface area contributed by atoms with E-state index in [4.69, 9.17) is 42.6 Å². The second kappa shape index (κ2) is 22.2. The van der Waals surface area contributed by atoms with Crippen LogP contribution in [0.1, 0.15) is 65.1 Å². The molecule has 0 radical (unpaired) electrons. The molecule has 3 aliphatic rings. The van der Waals surface area contributed by atoms with Gasteiger partial charge in [0.15, 0.2) is 24.8 Å². The Balaban J connectivity index is 1.35. The molecular weight excluding hydrogens is 857 g/mol. The summed E-state index contributed by atoms with van der Waals surface area (Å²) in [6.07, 6.45) is -11.1. The van der Waals surface area contributed by atoms with Crippen molar-refractivity contribution in [1.82, 2.24) is 10.2 Å². The Morgan fingerprint density at radius 1 is 0.545 bits per heavy atom. The first-order chi connectivity index (χ1) is 31.9. The van der Waals surface area contributed by atoms with Gasteiger partial charge in [0, 0.05) is 27.7 Å². The van der Waals surface area contributed by atoms with Crippen LogP contribution in [0, 0.1) is 0 Å². The number of carbonyl (C=O) groups excluding carboxylic acids is 6. The smallest absolute Gasteiger partial charge is 0.303 e. The van der Waals surface area contributed by atoms with Crippen molar-refractivity contribution in [3.8, 4) is 0 Å². The number of nitrogens with one attached hydrogen (secondary N) is 1. The molecule has 3 aliphatic heterocycles. The lowest BCUT2D eigenvalue weighted by Gasteiger charge is -2.51. The van der Waals surface area contributed by atoms with Gasteiger partial charge in [-0.2, -0.15) is 0 Å². The van der Waals surface area contributed by atoms with Crippen molar-refractivity contribution in [2.75, 3.05) is 13.2 Å². The first kappa shape index (κ1) is 47.6. The van der Waals surface area contributed by atoms with Gasteiger partial charge >= 0.3 is 17.9 Å². The maximum absolute atomic E-state index is 14.4. The number of carbonyl (C=O) groups is 6. The molecule has 4 aromatic rings. The number of esters is 3. The fourth-order valence-corrected chi connectivity index (χ4v) is 8.22. The molecule has 10 atom stereocenters. The highest BCUT2D eigenvalue weighted by Crippen LogP contribution is 2.38. The monoisotopic (exact) mass is 908 g/mol. The lowest BCUT2D eigenvalue weighted by molar-refractivity contribution is -0.340. The molecule has 0 spiro atoms. The number of ether oxygens (including phenoxy) is 9. The van der Waals surface area contributed by atoms with Gasteiger partial charge in [0.25, 0.3) is 11.8 Å². The minimum atomic E-state index is -1.77. The molecule has 3 heterocycles.